The zero-order valence-electron chi connectivity index (χ0n) is 10.5. The van der Waals surface area contributed by atoms with Crippen LogP contribution in [0.15, 0.2) is 22.8 Å². The standard InChI is InChI=1S/C12H9Cl2NO5S/c1-5(17)9(8(21)4-16)10(12(19)20)15-2-6(13)11(18)7(14)3-15/h2-4,8,21H,1H3,(H,19,20). The van der Waals surface area contributed by atoms with Gasteiger partial charge < -0.3 is 14.5 Å². The van der Waals surface area contributed by atoms with Gasteiger partial charge in [0.1, 0.15) is 22.0 Å². The van der Waals surface area contributed by atoms with Gasteiger partial charge in [0.2, 0.25) is 5.43 Å². The van der Waals surface area contributed by atoms with Crippen LogP contribution >= 0.6 is 35.8 Å². The first-order valence-electron chi connectivity index (χ1n) is 5.40. The zero-order valence-corrected chi connectivity index (χ0v) is 12.9. The van der Waals surface area contributed by atoms with Gasteiger partial charge in [-0.05, 0) is 6.92 Å². The van der Waals surface area contributed by atoms with Crippen molar-refractivity contribution in [1.29, 1.82) is 0 Å². The highest BCUT2D eigenvalue weighted by atomic mass is 35.5. The monoisotopic (exact) mass is 349 g/mol. The van der Waals surface area contributed by atoms with Crippen molar-refractivity contribution in [3.63, 3.8) is 0 Å². The number of aldehydes is 1. The van der Waals surface area contributed by atoms with Crippen LogP contribution in [-0.2, 0) is 14.4 Å². The maximum absolute atomic E-state index is 11.6. The van der Waals surface area contributed by atoms with E-state index in [1.165, 1.54) is 0 Å². The summed E-state index contributed by atoms with van der Waals surface area (Å²) in [6.45, 7) is 1.09. The van der Waals surface area contributed by atoms with Crippen molar-refractivity contribution in [2.45, 2.75) is 12.2 Å². The van der Waals surface area contributed by atoms with Crippen molar-refractivity contribution in [3.05, 3.63) is 38.2 Å². The summed E-state index contributed by atoms with van der Waals surface area (Å²) in [4.78, 5) is 45.3. The molecule has 6 nitrogen and oxygen atoms in total. The molecule has 1 rings (SSSR count). The molecular formula is C12H9Cl2NO5S. The third kappa shape index (κ3) is 3.75. The van der Waals surface area contributed by atoms with E-state index >= 15 is 0 Å². The molecule has 0 aliphatic carbocycles. The molecule has 0 spiro atoms. The van der Waals surface area contributed by atoms with Gasteiger partial charge in [0.05, 0.1) is 5.25 Å². The third-order valence-electron chi connectivity index (χ3n) is 2.46. The first-order valence-corrected chi connectivity index (χ1v) is 6.67. The van der Waals surface area contributed by atoms with Crippen LogP contribution in [0.25, 0.3) is 5.70 Å². The van der Waals surface area contributed by atoms with E-state index in [2.05, 4.69) is 12.6 Å². The predicted molar refractivity (Wildman–Crippen MR) is 81.1 cm³/mol. The Bertz CT molecular complexity index is 684. The van der Waals surface area contributed by atoms with Gasteiger partial charge in [-0.25, -0.2) is 4.79 Å². The van der Waals surface area contributed by atoms with E-state index in [1.807, 2.05) is 0 Å². The smallest absolute Gasteiger partial charge is 0.353 e. The number of rotatable bonds is 5. The molecule has 21 heavy (non-hydrogen) atoms. The molecule has 0 aliphatic heterocycles. The number of carbonyl (C=O) groups excluding carboxylic acids is 2. The summed E-state index contributed by atoms with van der Waals surface area (Å²) in [5.41, 5.74) is -1.59. The Hall–Kier alpha value is -1.57. The minimum absolute atomic E-state index is 0.314. The number of carboxylic acids is 1. The quantitative estimate of drug-likeness (QED) is 0.477. The van der Waals surface area contributed by atoms with Crippen LogP contribution in [0.4, 0.5) is 0 Å². The van der Waals surface area contributed by atoms with E-state index in [9.17, 15) is 24.3 Å². The number of ketones is 1. The lowest BCUT2D eigenvalue weighted by atomic mass is 10.1. The van der Waals surface area contributed by atoms with Crippen molar-refractivity contribution >= 4 is 59.6 Å². The van der Waals surface area contributed by atoms with Gasteiger partial charge in [0.25, 0.3) is 0 Å². The molecule has 0 fully saturated rings. The van der Waals surface area contributed by atoms with E-state index in [4.69, 9.17) is 23.2 Å². The minimum Gasteiger partial charge on any atom is -0.477 e. The van der Waals surface area contributed by atoms with Gasteiger partial charge in [-0.3, -0.25) is 9.59 Å². The Kier molecular flexibility index (Phi) is 5.77. The summed E-state index contributed by atoms with van der Waals surface area (Å²) < 4.78 is 0.901. The maximum Gasteiger partial charge on any atom is 0.353 e. The largest absolute Gasteiger partial charge is 0.477 e. The van der Waals surface area contributed by atoms with Gasteiger partial charge >= 0.3 is 5.97 Å². The van der Waals surface area contributed by atoms with E-state index in [0.29, 0.717) is 6.29 Å². The Morgan fingerprint density at radius 2 is 1.81 bits per heavy atom. The Balaban J connectivity index is 3.78. The molecule has 0 saturated heterocycles. The van der Waals surface area contributed by atoms with Crippen LogP contribution in [0.3, 0.4) is 0 Å². The first-order chi connectivity index (χ1) is 9.70. The number of Topliss-reactive ketones (excluding diaryl/α,β-unsaturated/α-hetero) is 1. The van der Waals surface area contributed by atoms with E-state index < -0.39 is 28.1 Å². The van der Waals surface area contributed by atoms with Crippen LogP contribution < -0.4 is 5.43 Å². The molecule has 0 aliphatic rings. The number of carbonyl (C=O) groups is 3. The number of aliphatic carboxylic acids is 1. The van der Waals surface area contributed by atoms with Gasteiger partial charge in [-0.1, -0.05) is 23.2 Å². The van der Waals surface area contributed by atoms with Crippen molar-refractivity contribution in [1.82, 2.24) is 4.57 Å². The van der Waals surface area contributed by atoms with Crippen LogP contribution in [-0.4, -0.2) is 33.0 Å². The molecule has 112 valence electrons. The van der Waals surface area contributed by atoms with E-state index in [-0.39, 0.29) is 15.6 Å². The number of carboxylic acid groups (broad SMARTS) is 1. The Morgan fingerprint density at radius 1 is 1.33 bits per heavy atom. The second-order valence-corrected chi connectivity index (χ2v) is 5.27. The number of pyridine rings is 1. The van der Waals surface area contributed by atoms with E-state index in [1.54, 1.807) is 0 Å². The fourth-order valence-electron chi connectivity index (χ4n) is 1.59. The van der Waals surface area contributed by atoms with Gasteiger partial charge in [0.15, 0.2) is 5.78 Å². The van der Waals surface area contributed by atoms with Crippen LogP contribution in [0.2, 0.25) is 10.0 Å². The van der Waals surface area contributed by atoms with Gasteiger partial charge in [0, 0.05) is 18.0 Å². The molecule has 1 unspecified atom stereocenters. The van der Waals surface area contributed by atoms with Gasteiger partial charge in [-0.2, -0.15) is 12.6 Å². The second kappa shape index (κ2) is 6.93. The molecule has 1 aromatic heterocycles. The number of hydrogen-bond acceptors (Lipinski definition) is 5. The van der Waals surface area contributed by atoms with Crippen molar-refractivity contribution in [2.75, 3.05) is 0 Å². The summed E-state index contributed by atoms with van der Waals surface area (Å²) >= 11 is 15.2. The molecule has 1 N–H and O–H groups in total. The fourth-order valence-corrected chi connectivity index (χ4v) is 2.36. The minimum atomic E-state index is -1.50. The molecule has 0 aromatic carbocycles. The highest BCUT2D eigenvalue weighted by molar-refractivity contribution is 7.82. The fraction of sp³-hybridized carbons (Fsp3) is 0.167. The van der Waals surface area contributed by atoms with Crippen molar-refractivity contribution < 1.29 is 19.5 Å². The maximum atomic E-state index is 11.6. The summed E-state index contributed by atoms with van der Waals surface area (Å²) in [7, 11) is 0. The zero-order chi connectivity index (χ0) is 16.3. The molecule has 0 bridgehead atoms. The van der Waals surface area contributed by atoms with Crippen LogP contribution in [0.5, 0.6) is 0 Å². The average molecular weight is 350 g/mol. The number of thiol groups is 1. The number of halogens is 2. The highest BCUT2D eigenvalue weighted by Gasteiger charge is 2.25. The third-order valence-corrected chi connectivity index (χ3v) is 3.38. The number of aromatic nitrogens is 1. The molecule has 0 saturated carbocycles. The number of nitrogens with zero attached hydrogens (tertiary/aromatic N) is 1. The normalized spacial score (nSPS) is 13.3. The second-order valence-electron chi connectivity index (χ2n) is 3.90. The highest BCUT2D eigenvalue weighted by Crippen LogP contribution is 2.21. The lowest BCUT2D eigenvalue weighted by Crippen LogP contribution is -2.22. The predicted octanol–water partition coefficient (Wildman–Crippen LogP) is 1.54. The van der Waals surface area contributed by atoms with Crippen molar-refractivity contribution in [2.24, 2.45) is 0 Å². The lowest BCUT2D eigenvalue weighted by molar-refractivity contribution is -0.131. The van der Waals surface area contributed by atoms with Crippen molar-refractivity contribution in [3.8, 4) is 0 Å². The van der Waals surface area contributed by atoms with E-state index in [0.717, 1.165) is 23.9 Å². The lowest BCUT2D eigenvalue weighted by Gasteiger charge is -2.15. The molecule has 1 aromatic rings. The summed E-state index contributed by atoms with van der Waals surface area (Å²) in [5, 5.41) is 7.40. The molecule has 1 heterocycles. The Labute approximate surface area is 134 Å². The van der Waals surface area contributed by atoms with Crippen LogP contribution in [0.1, 0.15) is 6.92 Å². The summed E-state index contributed by atoms with van der Waals surface area (Å²) in [6, 6.07) is 0. The van der Waals surface area contributed by atoms with Crippen LogP contribution in [0, 0.1) is 0 Å². The molecule has 0 radical (unpaired) electrons. The first kappa shape index (κ1) is 17.5. The molecule has 0 amide bonds. The summed E-state index contributed by atoms with van der Waals surface area (Å²) in [6.07, 6.45) is 2.30. The topological polar surface area (TPSA) is 93.4 Å². The summed E-state index contributed by atoms with van der Waals surface area (Å²) in [5.74, 6) is -2.16. The SMILES string of the molecule is CC(=O)C(=C(C(=O)O)n1cc(Cl)c(=O)c(Cl)c1)C(S)C=O. The van der Waals surface area contributed by atoms with Gasteiger partial charge in [-0.15, -0.1) is 0 Å². The molecular weight excluding hydrogens is 341 g/mol. The number of hydrogen-bond donors (Lipinski definition) is 2. The molecule has 9 heteroatoms. The molecule has 1 atom stereocenters. The Morgan fingerprint density at radius 3 is 2.14 bits per heavy atom. The average Bonchev–Trinajstić information content (AvgIpc) is 2.39.